The number of aromatic nitrogens is 1. The van der Waals surface area contributed by atoms with Crippen molar-refractivity contribution in [3.8, 4) is 0 Å². The van der Waals surface area contributed by atoms with E-state index < -0.39 is 0 Å². The van der Waals surface area contributed by atoms with Crippen molar-refractivity contribution in [2.45, 2.75) is 25.9 Å². The van der Waals surface area contributed by atoms with Crippen molar-refractivity contribution in [2.75, 3.05) is 31.2 Å². The van der Waals surface area contributed by atoms with Gasteiger partial charge in [-0.15, -0.1) is 0 Å². The Balaban J connectivity index is 1.93. The van der Waals surface area contributed by atoms with Gasteiger partial charge in [0.15, 0.2) is 0 Å². The van der Waals surface area contributed by atoms with Crippen LogP contribution < -0.4 is 4.90 Å². The molecular formula is C13H19BrN2O2. The number of nitrogens with zero attached hydrogens (tertiary/aromatic N) is 2. The Morgan fingerprint density at radius 2 is 2.22 bits per heavy atom. The molecule has 2 rings (SSSR count). The molecule has 0 saturated carbocycles. The van der Waals surface area contributed by atoms with Crippen LogP contribution in [0.25, 0.3) is 0 Å². The van der Waals surface area contributed by atoms with Crippen LogP contribution in [0.4, 0.5) is 5.82 Å². The summed E-state index contributed by atoms with van der Waals surface area (Å²) in [6.07, 6.45) is 4.12. The van der Waals surface area contributed by atoms with E-state index in [-0.39, 0.29) is 12.7 Å². The van der Waals surface area contributed by atoms with Crippen molar-refractivity contribution in [1.82, 2.24) is 4.98 Å². The van der Waals surface area contributed by atoms with Gasteiger partial charge in [-0.25, -0.2) is 4.98 Å². The number of aliphatic hydroxyl groups excluding tert-OH is 1. The van der Waals surface area contributed by atoms with Gasteiger partial charge in [-0.3, -0.25) is 0 Å². The summed E-state index contributed by atoms with van der Waals surface area (Å²) in [4.78, 5) is 6.79. The summed E-state index contributed by atoms with van der Waals surface area (Å²) < 4.78 is 6.58. The van der Waals surface area contributed by atoms with Gasteiger partial charge in [0.1, 0.15) is 5.82 Å². The van der Waals surface area contributed by atoms with Crippen LogP contribution in [0.15, 0.2) is 16.7 Å². The Kier molecular flexibility index (Phi) is 4.97. The number of hydrogen-bond acceptors (Lipinski definition) is 4. The number of anilines is 1. The molecule has 0 aromatic carbocycles. The second-order valence-corrected chi connectivity index (χ2v) is 5.49. The molecular weight excluding hydrogens is 296 g/mol. The van der Waals surface area contributed by atoms with Gasteiger partial charge in [-0.05, 0) is 47.3 Å². The standard InChI is InChI=1S/C13H19BrN2O2/c1-10-8-11(14)9-15-13(10)16-4-2-12(3-5-16)18-7-6-17/h8-9,12,17H,2-7H2,1H3. The van der Waals surface area contributed by atoms with E-state index in [1.54, 1.807) is 0 Å². The molecule has 1 saturated heterocycles. The average molecular weight is 315 g/mol. The summed E-state index contributed by atoms with van der Waals surface area (Å²) in [7, 11) is 0. The molecule has 0 amide bonds. The van der Waals surface area contributed by atoms with Gasteiger partial charge in [0.05, 0.1) is 19.3 Å². The molecule has 18 heavy (non-hydrogen) atoms. The molecule has 0 radical (unpaired) electrons. The Morgan fingerprint density at radius 3 is 2.83 bits per heavy atom. The van der Waals surface area contributed by atoms with E-state index in [0.717, 1.165) is 36.2 Å². The molecule has 100 valence electrons. The molecule has 2 heterocycles. The zero-order valence-electron chi connectivity index (χ0n) is 10.6. The molecule has 1 aliphatic rings. The lowest BCUT2D eigenvalue weighted by molar-refractivity contribution is 0.0158. The summed E-state index contributed by atoms with van der Waals surface area (Å²) in [5.74, 6) is 1.07. The lowest BCUT2D eigenvalue weighted by atomic mass is 10.1. The fourth-order valence-corrected chi connectivity index (χ4v) is 2.76. The number of piperidine rings is 1. The number of ether oxygens (including phenoxy) is 1. The third kappa shape index (κ3) is 3.43. The summed E-state index contributed by atoms with van der Waals surface area (Å²) in [6.45, 7) is 4.56. The van der Waals surface area contributed by atoms with Crippen LogP contribution in [-0.4, -0.2) is 42.5 Å². The van der Waals surface area contributed by atoms with Crippen LogP contribution in [0.2, 0.25) is 0 Å². The zero-order valence-corrected chi connectivity index (χ0v) is 12.2. The molecule has 0 bridgehead atoms. The highest BCUT2D eigenvalue weighted by Crippen LogP contribution is 2.24. The van der Waals surface area contributed by atoms with Gasteiger partial charge in [0.25, 0.3) is 0 Å². The lowest BCUT2D eigenvalue weighted by Gasteiger charge is -2.33. The van der Waals surface area contributed by atoms with E-state index >= 15 is 0 Å². The first-order valence-electron chi connectivity index (χ1n) is 6.30. The van der Waals surface area contributed by atoms with Crippen molar-refractivity contribution >= 4 is 21.7 Å². The zero-order chi connectivity index (χ0) is 13.0. The summed E-state index contributed by atoms with van der Waals surface area (Å²) in [5, 5.41) is 8.74. The first-order chi connectivity index (χ1) is 8.70. The molecule has 4 nitrogen and oxygen atoms in total. The highest BCUT2D eigenvalue weighted by molar-refractivity contribution is 9.10. The minimum atomic E-state index is 0.105. The first-order valence-corrected chi connectivity index (χ1v) is 7.09. The number of rotatable bonds is 4. The van der Waals surface area contributed by atoms with E-state index in [2.05, 4.69) is 38.8 Å². The van der Waals surface area contributed by atoms with E-state index in [1.807, 2.05) is 6.20 Å². The van der Waals surface area contributed by atoms with Crippen LogP contribution in [0, 0.1) is 6.92 Å². The molecule has 1 N–H and O–H groups in total. The number of aliphatic hydroxyl groups is 1. The van der Waals surface area contributed by atoms with Crippen LogP contribution in [0.3, 0.4) is 0 Å². The second kappa shape index (κ2) is 6.50. The van der Waals surface area contributed by atoms with E-state index in [0.29, 0.717) is 6.61 Å². The number of pyridine rings is 1. The smallest absolute Gasteiger partial charge is 0.131 e. The maximum absolute atomic E-state index is 8.74. The number of hydrogen-bond donors (Lipinski definition) is 1. The van der Waals surface area contributed by atoms with Gasteiger partial charge in [-0.1, -0.05) is 0 Å². The number of halogens is 1. The van der Waals surface area contributed by atoms with Crippen molar-refractivity contribution in [2.24, 2.45) is 0 Å². The highest BCUT2D eigenvalue weighted by atomic mass is 79.9. The Labute approximate surface area is 116 Å². The van der Waals surface area contributed by atoms with Crippen molar-refractivity contribution in [1.29, 1.82) is 0 Å². The van der Waals surface area contributed by atoms with E-state index in [9.17, 15) is 0 Å². The minimum absolute atomic E-state index is 0.105. The maximum Gasteiger partial charge on any atom is 0.131 e. The highest BCUT2D eigenvalue weighted by Gasteiger charge is 2.21. The molecule has 0 unspecified atom stereocenters. The predicted molar refractivity (Wildman–Crippen MR) is 74.9 cm³/mol. The van der Waals surface area contributed by atoms with Crippen LogP contribution >= 0.6 is 15.9 Å². The van der Waals surface area contributed by atoms with Crippen molar-refractivity contribution in [3.05, 3.63) is 22.3 Å². The SMILES string of the molecule is Cc1cc(Br)cnc1N1CCC(OCCO)CC1. The lowest BCUT2D eigenvalue weighted by Crippen LogP contribution is -2.38. The summed E-state index contributed by atoms with van der Waals surface area (Å²) in [6, 6.07) is 2.09. The molecule has 1 fully saturated rings. The van der Waals surface area contributed by atoms with Crippen LogP contribution in [0.1, 0.15) is 18.4 Å². The molecule has 1 aromatic heterocycles. The van der Waals surface area contributed by atoms with E-state index in [1.165, 1.54) is 5.56 Å². The fourth-order valence-electron chi connectivity index (χ4n) is 2.32. The monoisotopic (exact) mass is 314 g/mol. The van der Waals surface area contributed by atoms with E-state index in [4.69, 9.17) is 9.84 Å². The van der Waals surface area contributed by atoms with Gasteiger partial charge in [-0.2, -0.15) is 0 Å². The molecule has 1 aromatic rings. The Morgan fingerprint density at radius 1 is 1.50 bits per heavy atom. The Bertz CT molecular complexity index is 393. The quantitative estimate of drug-likeness (QED) is 0.924. The summed E-state index contributed by atoms with van der Waals surface area (Å²) >= 11 is 3.43. The molecule has 0 aliphatic carbocycles. The summed E-state index contributed by atoms with van der Waals surface area (Å²) in [5.41, 5.74) is 1.19. The largest absolute Gasteiger partial charge is 0.394 e. The molecule has 5 heteroatoms. The predicted octanol–water partition coefficient (Wildman–Crippen LogP) is 2.13. The van der Waals surface area contributed by atoms with Crippen molar-refractivity contribution in [3.63, 3.8) is 0 Å². The minimum Gasteiger partial charge on any atom is -0.394 e. The average Bonchev–Trinajstić information content (AvgIpc) is 2.37. The molecule has 0 spiro atoms. The Hall–Kier alpha value is -0.650. The van der Waals surface area contributed by atoms with Crippen LogP contribution in [0.5, 0.6) is 0 Å². The van der Waals surface area contributed by atoms with Gasteiger partial charge < -0.3 is 14.7 Å². The second-order valence-electron chi connectivity index (χ2n) is 4.57. The maximum atomic E-state index is 8.74. The van der Waals surface area contributed by atoms with Crippen molar-refractivity contribution < 1.29 is 9.84 Å². The first kappa shape index (κ1) is 13.8. The van der Waals surface area contributed by atoms with Gasteiger partial charge in [0.2, 0.25) is 0 Å². The normalized spacial score (nSPS) is 17.2. The van der Waals surface area contributed by atoms with Gasteiger partial charge >= 0.3 is 0 Å². The number of aryl methyl sites for hydroxylation is 1. The van der Waals surface area contributed by atoms with Gasteiger partial charge in [0, 0.05) is 23.8 Å². The molecule has 1 aliphatic heterocycles. The topological polar surface area (TPSA) is 45.6 Å². The third-order valence-corrected chi connectivity index (χ3v) is 3.64. The van der Waals surface area contributed by atoms with Crippen LogP contribution in [-0.2, 0) is 4.74 Å². The third-order valence-electron chi connectivity index (χ3n) is 3.20. The molecule has 0 atom stereocenters. The fraction of sp³-hybridized carbons (Fsp3) is 0.615.